The fraction of sp³-hybridized carbons (Fsp3) is 0.222. The first-order chi connectivity index (χ1) is 12.0. The van der Waals surface area contributed by atoms with Crippen molar-refractivity contribution < 1.29 is 4.79 Å². The number of para-hydroxylation sites is 2. The van der Waals surface area contributed by atoms with Crippen LogP contribution in [0.2, 0.25) is 0 Å². The number of hydrogen-bond acceptors (Lipinski definition) is 4. The number of hydrogen-bond donors (Lipinski definition) is 1. The number of carbonyl (C=O) groups is 1. The number of nitrogens with zero attached hydrogens (tertiary/aromatic N) is 5. The van der Waals surface area contributed by atoms with E-state index in [1.807, 2.05) is 49.7 Å². The van der Waals surface area contributed by atoms with Crippen molar-refractivity contribution in [2.24, 2.45) is 12.1 Å². The van der Waals surface area contributed by atoms with Crippen LogP contribution in [0.1, 0.15) is 22.8 Å². The standard InChI is InChI=1S/C18H18N6O/c1-12-14(8-15(9-19)23(12)3)10-20-22-18(25)11-24-13(2)21-16-6-4-5-7-17(16)24/h4-8,10H,11H2,1-3H3,(H,22,25)/b20-10-. The van der Waals surface area contributed by atoms with E-state index in [2.05, 4.69) is 21.6 Å². The van der Waals surface area contributed by atoms with Gasteiger partial charge in [0, 0.05) is 18.3 Å². The Morgan fingerprint density at radius 2 is 2.16 bits per heavy atom. The Balaban J connectivity index is 1.71. The number of nitriles is 1. The van der Waals surface area contributed by atoms with Crippen LogP contribution < -0.4 is 5.43 Å². The molecule has 7 nitrogen and oxygen atoms in total. The highest BCUT2D eigenvalue weighted by Gasteiger charge is 2.10. The Labute approximate surface area is 145 Å². The summed E-state index contributed by atoms with van der Waals surface area (Å²) in [7, 11) is 1.82. The molecule has 3 rings (SSSR count). The number of benzene rings is 1. The summed E-state index contributed by atoms with van der Waals surface area (Å²) >= 11 is 0. The van der Waals surface area contributed by atoms with Gasteiger partial charge in [-0.1, -0.05) is 12.1 Å². The van der Waals surface area contributed by atoms with Gasteiger partial charge in [-0.2, -0.15) is 10.4 Å². The molecule has 126 valence electrons. The van der Waals surface area contributed by atoms with Crippen LogP contribution in [0.4, 0.5) is 0 Å². The second kappa shape index (κ2) is 6.61. The minimum atomic E-state index is -0.239. The summed E-state index contributed by atoms with van der Waals surface area (Å²) in [5.41, 5.74) is 6.55. The average Bonchev–Trinajstić information content (AvgIpc) is 3.06. The molecule has 2 heterocycles. The number of aryl methyl sites for hydroxylation is 1. The smallest absolute Gasteiger partial charge is 0.260 e. The van der Waals surface area contributed by atoms with Crippen molar-refractivity contribution in [3.05, 3.63) is 53.1 Å². The molecule has 0 radical (unpaired) electrons. The molecule has 0 unspecified atom stereocenters. The van der Waals surface area contributed by atoms with E-state index >= 15 is 0 Å². The SMILES string of the molecule is Cc1c(/C=N\NC(=O)Cn2c(C)nc3ccccc32)cc(C#N)n1C. The van der Waals surface area contributed by atoms with Gasteiger partial charge in [0.15, 0.2) is 0 Å². The van der Waals surface area contributed by atoms with E-state index in [4.69, 9.17) is 5.26 Å². The van der Waals surface area contributed by atoms with Gasteiger partial charge in [0.05, 0.1) is 17.2 Å². The van der Waals surface area contributed by atoms with Crippen LogP contribution in [0.3, 0.4) is 0 Å². The molecule has 0 saturated carbocycles. The molecule has 0 saturated heterocycles. The number of nitrogens with one attached hydrogen (secondary N) is 1. The number of aromatic nitrogens is 3. The maximum Gasteiger partial charge on any atom is 0.260 e. The van der Waals surface area contributed by atoms with E-state index in [0.717, 1.165) is 28.1 Å². The van der Waals surface area contributed by atoms with Gasteiger partial charge >= 0.3 is 0 Å². The van der Waals surface area contributed by atoms with Gasteiger partial charge in [-0.25, -0.2) is 10.4 Å². The van der Waals surface area contributed by atoms with E-state index < -0.39 is 0 Å². The first kappa shape index (κ1) is 16.5. The number of fused-ring (bicyclic) bond motifs is 1. The fourth-order valence-electron chi connectivity index (χ4n) is 2.71. The Kier molecular flexibility index (Phi) is 4.35. The third kappa shape index (κ3) is 3.15. The van der Waals surface area contributed by atoms with E-state index in [-0.39, 0.29) is 12.5 Å². The number of imidazole rings is 1. The Bertz CT molecular complexity index is 1020. The van der Waals surface area contributed by atoms with E-state index in [1.54, 1.807) is 16.8 Å². The highest BCUT2D eigenvalue weighted by Crippen LogP contribution is 2.15. The van der Waals surface area contributed by atoms with Crippen LogP contribution >= 0.6 is 0 Å². The fourth-order valence-corrected chi connectivity index (χ4v) is 2.71. The lowest BCUT2D eigenvalue weighted by molar-refractivity contribution is -0.121. The monoisotopic (exact) mass is 334 g/mol. The quantitative estimate of drug-likeness (QED) is 0.585. The second-order valence-corrected chi connectivity index (χ2v) is 5.77. The summed E-state index contributed by atoms with van der Waals surface area (Å²) in [5, 5.41) is 13.0. The van der Waals surface area contributed by atoms with Gasteiger partial charge in [-0.05, 0) is 32.0 Å². The van der Waals surface area contributed by atoms with Crippen LogP contribution in [-0.4, -0.2) is 26.2 Å². The van der Waals surface area contributed by atoms with Crippen LogP contribution in [-0.2, 0) is 18.4 Å². The van der Waals surface area contributed by atoms with Crippen molar-refractivity contribution in [3.63, 3.8) is 0 Å². The number of amides is 1. The van der Waals surface area contributed by atoms with E-state index in [1.165, 1.54) is 0 Å². The normalized spacial score (nSPS) is 11.1. The maximum atomic E-state index is 12.2. The van der Waals surface area contributed by atoms with Crippen molar-refractivity contribution in [1.82, 2.24) is 19.5 Å². The summed E-state index contributed by atoms with van der Waals surface area (Å²) in [6.45, 7) is 3.90. The van der Waals surface area contributed by atoms with Crippen molar-refractivity contribution in [2.75, 3.05) is 0 Å². The highest BCUT2D eigenvalue weighted by molar-refractivity contribution is 5.85. The third-order valence-corrected chi connectivity index (χ3v) is 4.23. The first-order valence-electron chi connectivity index (χ1n) is 7.81. The van der Waals surface area contributed by atoms with Gasteiger partial charge in [0.2, 0.25) is 0 Å². The molecule has 0 bridgehead atoms. The molecule has 0 aliphatic rings. The summed E-state index contributed by atoms with van der Waals surface area (Å²) < 4.78 is 3.63. The summed E-state index contributed by atoms with van der Waals surface area (Å²) in [5.74, 6) is 0.537. The molecular formula is C18H18N6O. The second-order valence-electron chi connectivity index (χ2n) is 5.77. The van der Waals surface area contributed by atoms with Gasteiger partial charge in [-0.15, -0.1) is 0 Å². The summed E-state index contributed by atoms with van der Waals surface area (Å²) in [4.78, 5) is 16.6. The van der Waals surface area contributed by atoms with Gasteiger partial charge in [0.25, 0.3) is 5.91 Å². The topological polar surface area (TPSA) is 88.0 Å². The first-order valence-corrected chi connectivity index (χ1v) is 7.81. The molecule has 0 aliphatic heterocycles. The average molecular weight is 334 g/mol. The van der Waals surface area contributed by atoms with Crippen LogP contribution in [0, 0.1) is 25.2 Å². The molecule has 0 fully saturated rings. The molecule has 7 heteroatoms. The van der Waals surface area contributed by atoms with Crippen molar-refractivity contribution in [2.45, 2.75) is 20.4 Å². The minimum absolute atomic E-state index is 0.140. The molecule has 0 aliphatic carbocycles. The molecule has 25 heavy (non-hydrogen) atoms. The Hall–Kier alpha value is -3.40. The summed E-state index contributed by atoms with van der Waals surface area (Å²) in [6, 6.07) is 11.5. The summed E-state index contributed by atoms with van der Waals surface area (Å²) in [6.07, 6.45) is 1.55. The van der Waals surface area contributed by atoms with Crippen molar-refractivity contribution >= 4 is 23.2 Å². The number of rotatable bonds is 4. The lowest BCUT2D eigenvalue weighted by Crippen LogP contribution is -2.23. The number of hydrazone groups is 1. The predicted molar refractivity (Wildman–Crippen MR) is 95.1 cm³/mol. The van der Waals surface area contributed by atoms with E-state index in [9.17, 15) is 4.79 Å². The Morgan fingerprint density at radius 1 is 1.40 bits per heavy atom. The molecule has 0 atom stereocenters. The highest BCUT2D eigenvalue weighted by atomic mass is 16.2. The minimum Gasteiger partial charge on any atom is -0.339 e. The predicted octanol–water partition coefficient (Wildman–Crippen LogP) is 2.01. The van der Waals surface area contributed by atoms with Gasteiger partial charge in [0.1, 0.15) is 24.1 Å². The van der Waals surface area contributed by atoms with Gasteiger partial charge < -0.3 is 9.13 Å². The lowest BCUT2D eigenvalue weighted by atomic mass is 10.3. The zero-order chi connectivity index (χ0) is 18.0. The molecule has 1 aromatic carbocycles. The Morgan fingerprint density at radius 3 is 2.88 bits per heavy atom. The van der Waals surface area contributed by atoms with E-state index in [0.29, 0.717) is 5.69 Å². The molecular weight excluding hydrogens is 316 g/mol. The zero-order valence-corrected chi connectivity index (χ0v) is 14.3. The van der Waals surface area contributed by atoms with Crippen LogP contribution in [0.5, 0.6) is 0 Å². The van der Waals surface area contributed by atoms with Crippen molar-refractivity contribution in [1.29, 1.82) is 5.26 Å². The molecule has 2 aromatic heterocycles. The number of carbonyl (C=O) groups excluding carboxylic acids is 1. The third-order valence-electron chi connectivity index (χ3n) is 4.23. The molecule has 0 spiro atoms. The van der Waals surface area contributed by atoms with Crippen molar-refractivity contribution in [3.8, 4) is 6.07 Å². The van der Waals surface area contributed by atoms with Gasteiger partial charge in [-0.3, -0.25) is 4.79 Å². The molecule has 1 amide bonds. The molecule has 3 aromatic rings. The largest absolute Gasteiger partial charge is 0.339 e. The zero-order valence-electron chi connectivity index (χ0n) is 14.3. The lowest BCUT2D eigenvalue weighted by Gasteiger charge is -2.05. The van der Waals surface area contributed by atoms with Crippen LogP contribution in [0.25, 0.3) is 11.0 Å². The maximum absolute atomic E-state index is 12.2. The van der Waals surface area contributed by atoms with Crippen LogP contribution in [0.15, 0.2) is 35.4 Å². The molecule has 1 N–H and O–H groups in total.